The topological polar surface area (TPSA) is 76.4 Å². The van der Waals surface area contributed by atoms with Crippen LogP contribution in [0, 0.1) is 11.3 Å². The van der Waals surface area contributed by atoms with E-state index in [1.54, 1.807) is 19.0 Å². The summed E-state index contributed by atoms with van der Waals surface area (Å²) in [5.41, 5.74) is 1.74. The van der Waals surface area contributed by atoms with Gasteiger partial charge in [0.25, 0.3) is 0 Å². The standard InChI is InChI=1S/C17H22N4O2S/c1-20(2)17(23)13-6-4-8-21(13)10-15(22)19-16-12(9-18)11-5-3-7-14(11)24-16/h13H,3-8,10H2,1-2H3,(H,19,22)/t13-/m0/s1. The molecule has 1 fully saturated rings. The van der Waals surface area contributed by atoms with Crippen molar-refractivity contribution >= 4 is 28.2 Å². The minimum atomic E-state index is -0.213. The van der Waals surface area contributed by atoms with Gasteiger partial charge in [0.15, 0.2) is 0 Å². The average molecular weight is 346 g/mol. The Labute approximate surface area is 146 Å². The van der Waals surface area contributed by atoms with Crippen molar-refractivity contribution in [3.05, 3.63) is 16.0 Å². The molecule has 0 aromatic carbocycles. The van der Waals surface area contributed by atoms with Crippen molar-refractivity contribution < 1.29 is 9.59 Å². The maximum absolute atomic E-state index is 12.4. The normalized spacial score (nSPS) is 19.8. The van der Waals surface area contributed by atoms with Crippen LogP contribution in [0.25, 0.3) is 0 Å². The second-order valence-electron chi connectivity index (χ2n) is 6.58. The highest BCUT2D eigenvalue weighted by Crippen LogP contribution is 2.38. The van der Waals surface area contributed by atoms with Gasteiger partial charge >= 0.3 is 0 Å². The number of amides is 2. The van der Waals surface area contributed by atoms with Crippen LogP contribution in [0.3, 0.4) is 0 Å². The van der Waals surface area contributed by atoms with Crippen molar-refractivity contribution in [3.8, 4) is 6.07 Å². The molecule has 0 bridgehead atoms. The monoisotopic (exact) mass is 346 g/mol. The summed E-state index contributed by atoms with van der Waals surface area (Å²) < 4.78 is 0. The highest BCUT2D eigenvalue weighted by Gasteiger charge is 2.33. The van der Waals surface area contributed by atoms with Gasteiger partial charge in [0.1, 0.15) is 11.1 Å². The largest absolute Gasteiger partial charge is 0.347 e. The van der Waals surface area contributed by atoms with Crippen LogP contribution >= 0.6 is 11.3 Å². The molecule has 7 heteroatoms. The zero-order valence-electron chi connectivity index (χ0n) is 14.1. The van der Waals surface area contributed by atoms with Gasteiger partial charge in [-0.05, 0) is 44.2 Å². The number of carbonyl (C=O) groups excluding carboxylic acids is 2. The SMILES string of the molecule is CN(C)C(=O)[C@@H]1CCCN1CC(=O)Nc1sc2c(c1C#N)CCC2. The molecule has 0 radical (unpaired) electrons. The molecule has 0 unspecified atom stereocenters. The van der Waals surface area contributed by atoms with Gasteiger partial charge in [-0.1, -0.05) is 0 Å². The number of nitrogens with one attached hydrogen (secondary N) is 1. The molecule has 2 heterocycles. The van der Waals surface area contributed by atoms with Gasteiger partial charge in [-0.3, -0.25) is 14.5 Å². The van der Waals surface area contributed by atoms with Crippen LogP contribution in [0.1, 0.15) is 35.3 Å². The molecule has 3 rings (SSSR count). The number of likely N-dealkylation sites (N-methyl/N-ethyl adjacent to an activating group) is 1. The molecule has 1 saturated heterocycles. The molecule has 1 N–H and O–H groups in total. The summed E-state index contributed by atoms with van der Waals surface area (Å²) >= 11 is 1.52. The number of anilines is 1. The van der Waals surface area contributed by atoms with Gasteiger partial charge in [0, 0.05) is 19.0 Å². The molecule has 0 spiro atoms. The molecule has 1 aliphatic heterocycles. The van der Waals surface area contributed by atoms with Crippen LogP contribution in [0.5, 0.6) is 0 Å². The van der Waals surface area contributed by atoms with E-state index in [-0.39, 0.29) is 24.4 Å². The van der Waals surface area contributed by atoms with Crippen molar-refractivity contribution in [2.75, 3.05) is 32.5 Å². The Bertz CT molecular complexity index is 704. The first-order valence-corrected chi connectivity index (χ1v) is 9.12. The Kier molecular flexibility index (Phi) is 4.88. The maximum Gasteiger partial charge on any atom is 0.239 e. The first kappa shape index (κ1) is 16.9. The maximum atomic E-state index is 12.4. The molecule has 6 nitrogen and oxygen atoms in total. The van der Waals surface area contributed by atoms with Crippen LogP contribution in [0.15, 0.2) is 0 Å². The number of thiophene rings is 1. The smallest absolute Gasteiger partial charge is 0.239 e. The van der Waals surface area contributed by atoms with E-state index in [0.717, 1.165) is 44.2 Å². The van der Waals surface area contributed by atoms with Crippen LogP contribution in [-0.4, -0.2) is 54.8 Å². The van der Waals surface area contributed by atoms with Gasteiger partial charge in [0.2, 0.25) is 11.8 Å². The average Bonchev–Trinajstić information content (AvgIpc) is 3.22. The molecule has 1 aromatic rings. The van der Waals surface area contributed by atoms with Gasteiger partial charge in [-0.15, -0.1) is 11.3 Å². The zero-order valence-corrected chi connectivity index (χ0v) is 14.9. The third-order valence-electron chi connectivity index (χ3n) is 4.72. The lowest BCUT2D eigenvalue weighted by Gasteiger charge is -2.25. The van der Waals surface area contributed by atoms with E-state index in [0.29, 0.717) is 10.6 Å². The van der Waals surface area contributed by atoms with E-state index in [4.69, 9.17) is 0 Å². The highest BCUT2D eigenvalue weighted by molar-refractivity contribution is 7.16. The lowest BCUT2D eigenvalue weighted by Crippen LogP contribution is -2.45. The fraction of sp³-hybridized carbons (Fsp3) is 0.588. The number of rotatable bonds is 4. The molecule has 0 saturated carbocycles. The molecule has 2 amide bonds. The number of likely N-dealkylation sites (tertiary alicyclic amines) is 1. The van der Waals surface area contributed by atoms with E-state index in [1.165, 1.54) is 16.2 Å². The molecule has 1 aliphatic carbocycles. The van der Waals surface area contributed by atoms with Crippen molar-refractivity contribution in [2.45, 2.75) is 38.1 Å². The summed E-state index contributed by atoms with van der Waals surface area (Å²) in [6.07, 6.45) is 4.73. The van der Waals surface area contributed by atoms with Crippen molar-refractivity contribution in [3.63, 3.8) is 0 Å². The van der Waals surface area contributed by atoms with Crippen molar-refractivity contribution in [2.24, 2.45) is 0 Å². The van der Waals surface area contributed by atoms with Crippen molar-refractivity contribution in [1.82, 2.24) is 9.80 Å². The first-order chi connectivity index (χ1) is 11.5. The van der Waals surface area contributed by atoms with Gasteiger partial charge in [0.05, 0.1) is 18.2 Å². The minimum absolute atomic E-state index is 0.0492. The second-order valence-corrected chi connectivity index (χ2v) is 7.69. The molecule has 128 valence electrons. The quantitative estimate of drug-likeness (QED) is 0.898. The van der Waals surface area contributed by atoms with Crippen LogP contribution in [0.2, 0.25) is 0 Å². The van der Waals surface area contributed by atoms with Crippen molar-refractivity contribution in [1.29, 1.82) is 5.26 Å². The molecular weight excluding hydrogens is 324 g/mol. The van der Waals surface area contributed by atoms with E-state index < -0.39 is 0 Å². The molecule has 2 aliphatic rings. The predicted molar refractivity (Wildman–Crippen MR) is 93.0 cm³/mol. The second kappa shape index (κ2) is 6.91. The van der Waals surface area contributed by atoms with E-state index in [1.807, 2.05) is 4.90 Å². The zero-order chi connectivity index (χ0) is 17.3. The lowest BCUT2D eigenvalue weighted by molar-refractivity contribution is -0.133. The summed E-state index contributed by atoms with van der Waals surface area (Å²) in [5.74, 6) is -0.0991. The molecule has 1 atom stereocenters. The van der Waals surface area contributed by atoms with Gasteiger partial charge < -0.3 is 10.2 Å². The van der Waals surface area contributed by atoms with Crippen LogP contribution in [0.4, 0.5) is 5.00 Å². The Balaban J connectivity index is 1.66. The number of hydrogen-bond donors (Lipinski definition) is 1. The molecular formula is C17H22N4O2S. The number of fused-ring (bicyclic) bond motifs is 1. The van der Waals surface area contributed by atoms with Crippen LogP contribution in [-0.2, 0) is 22.4 Å². The van der Waals surface area contributed by atoms with E-state index >= 15 is 0 Å². The third-order valence-corrected chi connectivity index (χ3v) is 5.93. The highest BCUT2D eigenvalue weighted by atomic mass is 32.1. The Hall–Kier alpha value is -1.91. The summed E-state index contributed by atoms with van der Waals surface area (Å²) in [7, 11) is 3.48. The fourth-order valence-electron chi connectivity index (χ4n) is 3.55. The van der Waals surface area contributed by atoms with E-state index in [9.17, 15) is 14.9 Å². The van der Waals surface area contributed by atoms with Gasteiger partial charge in [-0.25, -0.2) is 0 Å². The number of aryl methyl sites for hydroxylation is 1. The number of carbonyl (C=O) groups is 2. The Morgan fingerprint density at radius 2 is 2.17 bits per heavy atom. The minimum Gasteiger partial charge on any atom is -0.347 e. The fourth-order valence-corrected chi connectivity index (χ4v) is 4.81. The predicted octanol–water partition coefficient (Wildman–Crippen LogP) is 1.60. The van der Waals surface area contributed by atoms with Gasteiger partial charge in [-0.2, -0.15) is 5.26 Å². The number of hydrogen-bond acceptors (Lipinski definition) is 5. The Morgan fingerprint density at radius 1 is 1.38 bits per heavy atom. The third kappa shape index (κ3) is 3.17. The van der Waals surface area contributed by atoms with E-state index in [2.05, 4.69) is 11.4 Å². The summed E-state index contributed by atoms with van der Waals surface area (Å²) in [4.78, 5) is 29.4. The summed E-state index contributed by atoms with van der Waals surface area (Å²) in [6, 6.07) is 2.02. The van der Waals surface area contributed by atoms with Crippen LogP contribution < -0.4 is 5.32 Å². The molecule has 1 aromatic heterocycles. The summed E-state index contributed by atoms with van der Waals surface area (Å²) in [6.45, 7) is 0.946. The lowest BCUT2D eigenvalue weighted by atomic mass is 10.1. The summed E-state index contributed by atoms with van der Waals surface area (Å²) in [5, 5.41) is 13.0. The number of nitriles is 1. The Morgan fingerprint density at radius 3 is 2.88 bits per heavy atom. The first-order valence-electron chi connectivity index (χ1n) is 8.31. The number of nitrogens with zero attached hydrogens (tertiary/aromatic N) is 3. The molecule has 24 heavy (non-hydrogen) atoms.